The van der Waals surface area contributed by atoms with E-state index in [4.69, 9.17) is 9.97 Å². The Bertz CT molecular complexity index is 2360. The summed E-state index contributed by atoms with van der Waals surface area (Å²) in [5.74, 6) is 0.720. The quantitative estimate of drug-likeness (QED) is 0.204. The number of aromatic nitrogens is 3. The van der Waals surface area contributed by atoms with Gasteiger partial charge >= 0.3 is 0 Å². The minimum atomic E-state index is -0.0700. The predicted molar refractivity (Wildman–Crippen MR) is 190 cm³/mol. The Labute approximate surface area is 268 Å². The van der Waals surface area contributed by atoms with Gasteiger partial charge in [0.05, 0.1) is 28.1 Å². The SMILES string of the molecule is CC1(C)c2ccccc2-n2c3ccc(-c4ccc(-c5nc(-c6ccccc6)cc(-c6ccccc6)n5)cc4)cc3c3cccc1c32. The first-order valence-electron chi connectivity index (χ1n) is 15.8. The molecular formula is C43H31N3. The van der Waals surface area contributed by atoms with Gasteiger partial charge in [0.1, 0.15) is 0 Å². The van der Waals surface area contributed by atoms with E-state index in [2.05, 4.69) is 134 Å². The zero-order chi connectivity index (χ0) is 30.8. The molecular weight excluding hydrogens is 558 g/mol. The molecule has 0 saturated heterocycles. The highest BCUT2D eigenvalue weighted by Gasteiger charge is 2.34. The fourth-order valence-electron chi connectivity index (χ4n) is 7.25. The van der Waals surface area contributed by atoms with E-state index in [0.717, 1.165) is 33.9 Å². The summed E-state index contributed by atoms with van der Waals surface area (Å²) in [5, 5.41) is 2.57. The van der Waals surface area contributed by atoms with E-state index in [9.17, 15) is 0 Å². The number of hydrogen-bond acceptors (Lipinski definition) is 2. The number of para-hydroxylation sites is 2. The molecule has 3 heteroatoms. The van der Waals surface area contributed by atoms with Crippen LogP contribution in [0, 0.1) is 0 Å². The van der Waals surface area contributed by atoms with Crippen LogP contribution < -0.4 is 0 Å². The molecule has 3 nitrogen and oxygen atoms in total. The van der Waals surface area contributed by atoms with Gasteiger partial charge in [0, 0.05) is 32.9 Å². The van der Waals surface area contributed by atoms with Crippen molar-refractivity contribution >= 4 is 21.8 Å². The lowest BCUT2D eigenvalue weighted by atomic mass is 9.75. The summed E-state index contributed by atoms with van der Waals surface area (Å²) in [6.07, 6.45) is 0. The van der Waals surface area contributed by atoms with Crippen molar-refractivity contribution in [2.75, 3.05) is 0 Å². The Hall–Kier alpha value is -5.80. The van der Waals surface area contributed by atoms with Crippen LogP contribution in [0.4, 0.5) is 0 Å². The lowest BCUT2D eigenvalue weighted by Gasteiger charge is -2.34. The zero-order valence-corrected chi connectivity index (χ0v) is 25.8. The number of fused-ring (bicyclic) bond motifs is 5. The second kappa shape index (κ2) is 10.1. The summed E-state index contributed by atoms with van der Waals surface area (Å²) in [4.78, 5) is 10.0. The van der Waals surface area contributed by atoms with Crippen molar-refractivity contribution in [3.8, 4) is 50.7 Å². The molecule has 1 aliphatic heterocycles. The van der Waals surface area contributed by atoms with Gasteiger partial charge in [-0.05, 0) is 46.5 Å². The standard InChI is InChI=1S/C43H31N3/c1-43(2)35-17-9-10-19-40(35)46-39-25-24-32(26-34(39)33-16-11-18-36(43)41(33)46)28-20-22-31(23-21-28)42-44-37(29-12-5-3-6-13-29)27-38(45-42)30-14-7-4-8-15-30/h3-27H,1-2H3. The summed E-state index contributed by atoms with van der Waals surface area (Å²) in [7, 11) is 0. The summed E-state index contributed by atoms with van der Waals surface area (Å²) in [5.41, 5.74) is 13.8. The summed E-state index contributed by atoms with van der Waals surface area (Å²) in [6, 6.07) is 53.9. The minimum absolute atomic E-state index is 0.0700. The molecule has 218 valence electrons. The average Bonchev–Trinajstić information content (AvgIpc) is 3.46. The first-order valence-corrected chi connectivity index (χ1v) is 15.8. The molecule has 0 fully saturated rings. The number of hydrogen-bond donors (Lipinski definition) is 0. The van der Waals surface area contributed by atoms with Crippen molar-refractivity contribution in [2.24, 2.45) is 0 Å². The molecule has 0 radical (unpaired) electrons. The van der Waals surface area contributed by atoms with E-state index >= 15 is 0 Å². The maximum atomic E-state index is 5.02. The molecule has 1 aliphatic rings. The maximum Gasteiger partial charge on any atom is 0.160 e. The molecule has 0 spiro atoms. The molecule has 0 aliphatic carbocycles. The largest absolute Gasteiger partial charge is 0.309 e. The third-order valence-electron chi connectivity index (χ3n) is 9.62. The van der Waals surface area contributed by atoms with E-state index < -0.39 is 0 Å². The van der Waals surface area contributed by atoms with Crippen LogP contribution >= 0.6 is 0 Å². The molecule has 8 aromatic rings. The average molecular weight is 590 g/mol. The van der Waals surface area contributed by atoms with Crippen LogP contribution in [0.25, 0.3) is 72.5 Å². The fraction of sp³-hybridized carbons (Fsp3) is 0.0698. The Morgan fingerprint density at radius 2 is 1.04 bits per heavy atom. The molecule has 9 rings (SSSR count). The van der Waals surface area contributed by atoms with Gasteiger partial charge in [0.15, 0.2) is 5.82 Å². The monoisotopic (exact) mass is 589 g/mol. The van der Waals surface area contributed by atoms with E-state index in [1.165, 1.54) is 49.7 Å². The van der Waals surface area contributed by atoms with Crippen LogP contribution in [0.3, 0.4) is 0 Å². The second-order valence-electron chi connectivity index (χ2n) is 12.7. The fourth-order valence-corrected chi connectivity index (χ4v) is 7.25. The molecule has 0 N–H and O–H groups in total. The van der Waals surface area contributed by atoms with Crippen LogP contribution in [0.5, 0.6) is 0 Å². The van der Waals surface area contributed by atoms with Crippen LogP contribution in [-0.4, -0.2) is 14.5 Å². The Kier molecular flexibility index (Phi) is 5.85. The lowest BCUT2D eigenvalue weighted by Crippen LogP contribution is -2.26. The van der Waals surface area contributed by atoms with Crippen molar-refractivity contribution in [2.45, 2.75) is 19.3 Å². The van der Waals surface area contributed by atoms with Gasteiger partial charge in [0.25, 0.3) is 0 Å². The maximum absolute atomic E-state index is 5.02. The number of benzene rings is 6. The van der Waals surface area contributed by atoms with Gasteiger partial charge in [-0.2, -0.15) is 0 Å². The molecule has 6 aromatic carbocycles. The minimum Gasteiger partial charge on any atom is -0.309 e. The lowest BCUT2D eigenvalue weighted by molar-refractivity contribution is 0.630. The van der Waals surface area contributed by atoms with Gasteiger partial charge in [-0.3, -0.25) is 0 Å². The van der Waals surface area contributed by atoms with Crippen LogP contribution in [0.2, 0.25) is 0 Å². The van der Waals surface area contributed by atoms with E-state index in [0.29, 0.717) is 0 Å². The van der Waals surface area contributed by atoms with Crippen molar-refractivity contribution in [3.05, 3.63) is 163 Å². The van der Waals surface area contributed by atoms with Crippen molar-refractivity contribution in [1.82, 2.24) is 14.5 Å². The van der Waals surface area contributed by atoms with Crippen LogP contribution in [0.1, 0.15) is 25.0 Å². The Morgan fingerprint density at radius 3 is 1.74 bits per heavy atom. The summed E-state index contributed by atoms with van der Waals surface area (Å²) >= 11 is 0. The number of rotatable bonds is 4. The molecule has 0 bridgehead atoms. The highest BCUT2D eigenvalue weighted by Crippen LogP contribution is 2.47. The van der Waals surface area contributed by atoms with Crippen LogP contribution in [-0.2, 0) is 5.41 Å². The molecule has 0 atom stereocenters. The van der Waals surface area contributed by atoms with Gasteiger partial charge in [-0.1, -0.05) is 141 Å². The van der Waals surface area contributed by atoms with Crippen LogP contribution in [0.15, 0.2) is 152 Å². The smallest absolute Gasteiger partial charge is 0.160 e. The predicted octanol–water partition coefficient (Wildman–Crippen LogP) is 10.9. The van der Waals surface area contributed by atoms with Crippen molar-refractivity contribution < 1.29 is 0 Å². The Morgan fingerprint density at radius 1 is 0.457 bits per heavy atom. The molecule has 46 heavy (non-hydrogen) atoms. The van der Waals surface area contributed by atoms with Gasteiger partial charge in [-0.25, -0.2) is 9.97 Å². The van der Waals surface area contributed by atoms with E-state index in [-0.39, 0.29) is 5.41 Å². The van der Waals surface area contributed by atoms with Gasteiger partial charge < -0.3 is 4.57 Å². The number of nitrogens with zero attached hydrogens (tertiary/aromatic N) is 3. The van der Waals surface area contributed by atoms with Crippen molar-refractivity contribution in [3.63, 3.8) is 0 Å². The third-order valence-corrected chi connectivity index (χ3v) is 9.62. The zero-order valence-electron chi connectivity index (χ0n) is 25.8. The molecule has 2 aromatic heterocycles. The summed E-state index contributed by atoms with van der Waals surface area (Å²) < 4.78 is 2.47. The third kappa shape index (κ3) is 4.05. The van der Waals surface area contributed by atoms with E-state index in [1.807, 2.05) is 36.4 Å². The highest BCUT2D eigenvalue weighted by molar-refractivity contribution is 6.12. The molecule has 0 saturated carbocycles. The van der Waals surface area contributed by atoms with Crippen molar-refractivity contribution in [1.29, 1.82) is 0 Å². The topological polar surface area (TPSA) is 30.7 Å². The first kappa shape index (κ1) is 26.6. The molecule has 3 heterocycles. The molecule has 0 amide bonds. The first-order chi connectivity index (χ1) is 22.6. The molecule has 0 unspecified atom stereocenters. The summed E-state index contributed by atoms with van der Waals surface area (Å²) in [6.45, 7) is 4.69. The van der Waals surface area contributed by atoms with Gasteiger partial charge in [0.2, 0.25) is 0 Å². The van der Waals surface area contributed by atoms with Gasteiger partial charge in [-0.15, -0.1) is 0 Å². The Balaban J connectivity index is 1.15. The highest BCUT2D eigenvalue weighted by atomic mass is 15.0. The normalized spacial score (nSPS) is 13.2. The van der Waals surface area contributed by atoms with E-state index in [1.54, 1.807) is 0 Å². The second-order valence-corrected chi connectivity index (χ2v) is 12.7.